The Hall–Kier alpha value is -2.91. The molecule has 0 aliphatic heterocycles. The van der Waals surface area contributed by atoms with Crippen molar-refractivity contribution in [3.8, 4) is 5.69 Å². The fraction of sp³-hybridized carbons (Fsp3) is 0.250. The molecule has 1 amide bonds. The van der Waals surface area contributed by atoms with Gasteiger partial charge in [0.1, 0.15) is 6.54 Å². The van der Waals surface area contributed by atoms with E-state index in [0.29, 0.717) is 5.69 Å². The minimum absolute atomic E-state index is 0.362. The van der Waals surface area contributed by atoms with Crippen LogP contribution in [0.4, 0.5) is 5.69 Å². The average Bonchev–Trinajstić information content (AvgIpc) is 3.04. The van der Waals surface area contributed by atoms with Crippen molar-refractivity contribution < 1.29 is 13.2 Å². The van der Waals surface area contributed by atoms with Gasteiger partial charge in [0.05, 0.1) is 18.2 Å². The predicted octanol–water partition coefficient (Wildman–Crippen LogP) is 4.34. The van der Waals surface area contributed by atoms with Crippen LogP contribution in [-0.4, -0.2) is 37.9 Å². The summed E-state index contributed by atoms with van der Waals surface area (Å²) in [6.07, 6.45) is 3.49. The summed E-state index contributed by atoms with van der Waals surface area (Å²) >= 11 is 3.50. The second-order valence-corrected chi connectivity index (χ2v) is 10.5. The molecule has 0 aliphatic rings. The highest BCUT2D eigenvalue weighted by Crippen LogP contribution is 2.22. The Kier molecular flexibility index (Phi) is 7.76. The molecule has 0 radical (unpaired) electrons. The Labute approximate surface area is 203 Å². The highest BCUT2D eigenvalue weighted by molar-refractivity contribution is 9.10. The van der Waals surface area contributed by atoms with Gasteiger partial charge in [-0.2, -0.15) is 5.10 Å². The van der Waals surface area contributed by atoms with E-state index in [2.05, 4.69) is 31.0 Å². The highest BCUT2D eigenvalue weighted by Gasteiger charge is 2.20. The zero-order valence-electron chi connectivity index (χ0n) is 19.0. The van der Waals surface area contributed by atoms with E-state index in [1.807, 2.05) is 63.2 Å². The zero-order chi connectivity index (χ0) is 24.2. The lowest BCUT2D eigenvalue weighted by Crippen LogP contribution is -2.39. The number of aromatic nitrogens is 1. The first kappa shape index (κ1) is 24.7. The molecule has 0 saturated heterocycles. The molecule has 0 unspecified atom stereocenters. The minimum atomic E-state index is -3.64. The number of hydrogen-bond donors (Lipinski definition) is 1. The van der Waals surface area contributed by atoms with E-state index in [-0.39, 0.29) is 6.54 Å². The number of anilines is 1. The molecule has 0 fully saturated rings. The van der Waals surface area contributed by atoms with E-state index in [1.165, 1.54) is 0 Å². The van der Waals surface area contributed by atoms with E-state index >= 15 is 0 Å². The number of carbonyl (C=O) groups is 1. The summed E-state index contributed by atoms with van der Waals surface area (Å²) < 4.78 is 28.7. The van der Waals surface area contributed by atoms with Crippen molar-refractivity contribution in [2.45, 2.75) is 27.2 Å². The number of benzene rings is 2. The van der Waals surface area contributed by atoms with Crippen molar-refractivity contribution in [2.24, 2.45) is 5.10 Å². The number of carbonyl (C=O) groups excluding carboxylic acids is 1. The molecular weight excluding hydrogens is 504 g/mol. The standard InChI is InChI=1S/C24H27BrN4O3S/c1-5-19-9-11-22(12-10-19)28(33(4,31)32)16-24(30)27-26-15-20-13-17(2)29(18(20)3)23-8-6-7-21(25)14-23/h6-15H,5,16H2,1-4H3,(H,27,30)/b26-15-. The van der Waals surface area contributed by atoms with E-state index in [0.717, 1.165) is 49.7 Å². The molecule has 1 aromatic heterocycles. The molecule has 0 atom stereocenters. The molecule has 0 bridgehead atoms. The lowest BCUT2D eigenvalue weighted by molar-refractivity contribution is -0.119. The number of aryl methyl sites for hydroxylation is 2. The van der Waals surface area contributed by atoms with Gasteiger partial charge in [-0.3, -0.25) is 9.10 Å². The maximum absolute atomic E-state index is 12.5. The molecule has 3 rings (SSSR count). The van der Waals surface area contributed by atoms with Crippen molar-refractivity contribution in [1.29, 1.82) is 0 Å². The van der Waals surface area contributed by atoms with Gasteiger partial charge < -0.3 is 4.57 Å². The normalized spacial score (nSPS) is 11.7. The third-order valence-corrected chi connectivity index (χ3v) is 6.88. The molecule has 1 heterocycles. The second kappa shape index (κ2) is 10.4. The number of rotatable bonds is 8. The average molecular weight is 531 g/mol. The Bertz CT molecular complexity index is 1280. The van der Waals surface area contributed by atoms with Crippen LogP contribution in [0.25, 0.3) is 5.69 Å². The van der Waals surface area contributed by atoms with Gasteiger partial charge in [0.15, 0.2) is 0 Å². The molecule has 0 aliphatic carbocycles. The summed E-state index contributed by atoms with van der Waals surface area (Å²) in [4.78, 5) is 12.5. The first-order valence-corrected chi connectivity index (χ1v) is 13.1. The van der Waals surface area contributed by atoms with Gasteiger partial charge >= 0.3 is 0 Å². The van der Waals surface area contributed by atoms with Gasteiger partial charge in [0.2, 0.25) is 10.0 Å². The summed E-state index contributed by atoms with van der Waals surface area (Å²) in [6.45, 7) is 5.63. The van der Waals surface area contributed by atoms with Crippen LogP contribution in [0.3, 0.4) is 0 Å². The lowest BCUT2D eigenvalue weighted by Gasteiger charge is -2.21. The highest BCUT2D eigenvalue weighted by atomic mass is 79.9. The van der Waals surface area contributed by atoms with Gasteiger partial charge in [0, 0.05) is 27.1 Å². The second-order valence-electron chi connectivity index (χ2n) is 7.72. The molecular formula is C24H27BrN4O3S. The van der Waals surface area contributed by atoms with Crippen molar-refractivity contribution in [1.82, 2.24) is 9.99 Å². The zero-order valence-corrected chi connectivity index (χ0v) is 21.4. The summed E-state index contributed by atoms with van der Waals surface area (Å²) in [6, 6.07) is 17.1. The minimum Gasteiger partial charge on any atom is -0.318 e. The Balaban J connectivity index is 1.73. The quantitative estimate of drug-likeness (QED) is 0.347. The maximum Gasteiger partial charge on any atom is 0.260 e. The smallest absolute Gasteiger partial charge is 0.260 e. The van der Waals surface area contributed by atoms with Crippen LogP contribution in [-0.2, 0) is 21.2 Å². The first-order chi connectivity index (χ1) is 15.6. The summed E-state index contributed by atoms with van der Waals surface area (Å²) in [7, 11) is -3.64. The first-order valence-electron chi connectivity index (χ1n) is 10.4. The van der Waals surface area contributed by atoms with E-state index in [4.69, 9.17) is 0 Å². The van der Waals surface area contributed by atoms with Crippen LogP contribution in [0.1, 0.15) is 29.4 Å². The number of nitrogens with zero attached hydrogens (tertiary/aromatic N) is 3. The SMILES string of the molecule is CCc1ccc(N(CC(=O)N/N=C\c2cc(C)n(-c3cccc(Br)c3)c2C)S(C)(=O)=O)cc1. The molecule has 0 spiro atoms. The number of amides is 1. The number of nitrogens with one attached hydrogen (secondary N) is 1. The summed E-state index contributed by atoms with van der Waals surface area (Å²) in [5.74, 6) is -0.531. The van der Waals surface area contributed by atoms with Crippen molar-refractivity contribution in [3.05, 3.63) is 81.6 Å². The molecule has 2 aromatic carbocycles. The van der Waals surface area contributed by atoms with Crippen LogP contribution in [0, 0.1) is 13.8 Å². The van der Waals surface area contributed by atoms with Crippen LogP contribution >= 0.6 is 15.9 Å². The summed E-state index contributed by atoms with van der Waals surface area (Å²) in [5.41, 5.74) is 7.82. The van der Waals surface area contributed by atoms with Crippen molar-refractivity contribution >= 4 is 43.8 Å². The van der Waals surface area contributed by atoms with E-state index in [9.17, 15) is 13.2 Å². The van der Waals surface area contributed by atoms with Gasteiger partial charge in [-0.25, -0.2) is 13.8 Å². The molecule has 0 saturated carbocycles. The Morgan fingerprint density at radius 2 is 1.85 bits per heavy atom. The van der Waals surface area contributed by atoms with Gasteiger partial charge in [-0.15, -0.1) is 0 Å². The molecule has 33 heavy (non-hydrogen) atoms. The van der Waals surface area contributed by atoms with Gasteiger partial charge in [-0.1, -0.05) is 41.1 Å². The van der Waals surface area contributed by atoms with Crippen LogP contribution < -0.4 is 9.73 Å². The summed E-state index contributed by atoms with van der Waals surface area (Å²) in [5, 5.41) is 4.06. The largest absolute Gasteiger partial charge is 0.318 e. The Morgan fingerprint density at radius 1 is 1.15 bits per heavy atom. The van der Waals surface area contributed by atoms with Gasteiger partial charge in [-0.05, 0) is 62.2 Å². The van der Waals surface area contributed by atoms with Crippen molar-refractivity contribution in [3.63, 3.8) is 0 Å². The topological polar surface area (TPSA) is 83.8 Å². The molecule has 7 nitrogen and oxygen atoms in total. The fourth-order valence-corrected chi connectivity index (χ4v) is 4.81. The number of hydrazone groups is 1. The Morgan fingerprint density at radius 3 is 2.45 bits per heavy atom. The molecule has 174 valence electrons. The number of hydrogen-bond acceptors (Lipinski definition) is 4. The maximum atomic E-state index is 12.5. The molecule has 1 N–H and O–H groups in total. The van der Waals surface area contributed by atoms with Gasteiger partial charge in [0.25, 0.3) is 5.91 Å². The molecule has 9 heteroatoms. The van der Waals surface area contributed by atoms with Crippen LogP contribution in [0.2, 0.25) is 0 Å². The van der Waals surface area contributed by atoms with Crippen molar-refractivity contribution in [2.75, 3.05) is 17.1 Å². The van der Waals surface area contributed by atoms with Crippen LogP contribution in [0.15, 0.2) is 64.2 Å². The predicted molar refractivity (Wildman–Crippen MR) is 137 cm³/mol. The van der Waals surface area contributed by atoms with Crippen LogP contribution in [0.5, 0.6) is 0 Å². The number of halogens is 1. The number of sulfonamides is 1. The lowest BCUT2D eigenvalue weighted by atomic mass is 10.1. The third-order valence-electron chi connectivity index (χ3n) is 5.25. The third kappa shape index (κ3) is 6.11. The van der Waals surface area contributed by atoms with E-state index < -0.39 is 15.9 Å². The monoisotopic (exact) mass is 530 g/mol. The van der Waals surface area contributed by atoms with E-state index in [1.54, 1.807) is 18.3 Å². The molecule has 3 aromatic rings. The fourth-order valence-electron chi connectivity index (χ4n) is 3.57.